The Morgan fingerprint density at radius 3 is 2.50 bits per heavy atom. The molecular formula is C9H18NO2-. The molecule has 1 aliphatic heterocycles. The Morgan fingerprint density at radius 2 is 1.83 bits per heavy atom. The normalized spacial score (nSPS) is 19.8. The van der Waals surface area contributed by atoms with Crippen LogP contribution >= 0.6 is 0 Å². The highest BCUT2D eigenvalue weighted by Gasteiger charge is 2.08. The van der Waals surface area contributed by atoms with Gasteiger partial charge >= 0.3 is 0 Å². The fraction of sp³-hybridized carbons (Fsp3) is 1.00. The summed E-state index contributed by atoms with van der Waals surface area (Å²) in [6.07, 6.45) is 4.01. The first kappa shape index (κ1) is 9.96. The fourth-order valence-corrected chi connectivity index (χ4v) is 1.54. The number of ether oxygens (including phenoxy) is 1. The number of likely N-dealkylation sites (tertiary alicyclic amines) is 1. The monoisotopic (exact) mass is 172 g/mol. The zero-order chi connectivity index (χ0) is 8.65. The zero-order valence-electron chi connectivity index (χ0n) is 7.63. The SMILES string of the molecule is [O-]CCOCCN1CCCCC1. The van der Waals surface area contributed by atoms with Gasteiger partial charge < -0.3 is 14.7 Å². The zero-order valence-corrected chi connectivity index (χ0v) is 7.63. The van der Waals surface area contributed by atoms with E-state index in [1.165, 1.54) is 32.4 Å². The molecule has 1 saturated heterocycles. The van der Waals surface area contributed by atoms with Crippen LogP contribution in [0.15, 0.2) is 0 Å². The fourth-order valence-electron chi connectivity index (χ4n) is 1.54. The summed E-state index contributed by atoms with van der Waals surface area (Å²) in [5.74, 6) is 0. The second kappa shape index (κ2) is 6.40. The van der Waals surface area contributed by atoms with E-state index >= 15 is 0 Å². The van der Waals surface area contributed by atoms with Crippen LogP contribution in [0.3, 0.4) is 0 Å². The number of hydrogen-bond donors (Lipinski definition) is 0. The quantitative estimate of drug-likeness (QED) is 0.541. The lowest BCUT2D eigenvalue weighted by molar-refractivity contribution is -0.374. The third-order valence-corrected chi connectivity index (χ3v) is 2.23. The van der Waals surface area contributed by atoms with Crippen LogP contribution in [0.25, 0.3) is 0 Å². The van der Waals surface area contributed by atoms with Gasteiger partial charge in [-0.25, -0.2) is 0 Å². The van der Waals surface area contributed by atoms with Crippen molar-refractivity contribution in [1.82, 2.24) is 4.90 Å². The van der Waals surface area contributed by atoms with Gasteiger partial charge in [-0.15, -0.1) is 6.61 Å². The molecule has 0 amide bonds. The van der Waals surface area contributed by atoms with Gasteiger partial charge in [-0.1, -0.05) is 6.42 Å². The minimum atomic E-state index is -0.111. The molecule has 0 N–H and O–H groups in total. The van der Waals surface area contributed by atoms with Crippen molar-refractivity contribution < 1.29 is 9.84 Å². The highest BCUT2D eigenvalue weighted by molar-refractivity contribution is 4.63. The number of piperidine rings is 1. The summed E-state index contributed by atoms with van der Waals surface area (Å²) in [4.78, 5) is 2.41. The molecule has 3 nitrogen and oxygen atoms in total. The molecule has 1 heterocycles. The first-order valence-corrected chi connectivity index (χ1v) is 4.81. The summed E-state index contributed by atoms with van der Waals surface area (Å²) in [6.45, 7) is 4.40. The van der Waals surface area contributed by atoms with Crippen molar-refractivity contribution >= 4 is 0 Å². The molecular weight excluding hydrogens is 154 g/mol. The van der Waals surface area contributed by atoms with Crippen LogP contribution < -0.4 is 5.11 Å². The summed E-state index contributed by atoms with van der Waals surface area (Å²) in [7, 11) is 0. The van der Waals surface area contributed by atoms with E-state index in [0.717, 1.165) is 13.2 Å². The van der Waals surface area contributed by atoms with E-state index in [0.29, 0.717) is 6.61 Å². The van der Waals surface area contributed by atoms with Crippen LogP contribution in [0.2, 0.25) is 0 Å². The molecule has 1 aliphatic rings. The molecule has 0 spiro atoms. The highest BCUT2D eigenvalue weighted by atomic mass is 16.5. The van der Waals surface area contributed by atoms with E-state index < -0.39 is 0 Å². The van der Waals surface area contributed by atoms with Gasteiger partial charge in [0.2, 0.25) is 0 Å². The first-order valence-electron chi connectivity index (χ1n) is 4.81. The Balaban J connectivity index is 1.91. The van der Waals surface area contributed by atoms with Gasteiger partial charge in [-0.05, 0) is 25.9 Å². The third kappa shape index (κ3) is 4.04. The molecule has 0 aromatic carbocycles. The Bertz CT molecular complexity index is 103. The van der Waals surface area contributed by atoms with Crippen LogP contribution in [0.1, 0.15) is 19.3 Å². The van der Waals surface area contributed by atoms with Gasteiger partial charge in [0.1, 0.15) is 0 Å². The third-order valence-electron chi connectivity index (χ3n) is 2.23. The molecule has 3 heteroatoms. The average Bonchev–Trinajstić information content (AvgIpc) is 2.14. The maximum absolute atomic E-state index is 10.0. The molecule has 0 saturated carbocycles. The Morgan fingerprint density at radius 1 is 1.08 bits per heavy atom. The molecule has 72 valence electrons. The predicted molar refractivity (Wildman–Crippen MR) is 46.0 cm³/mol. The molecule has 12 heavy (non-hydrogen) atoms. The summed E-state index contributed by atoms with van der Waals surface area (Å²) in [5, 5.41) is 10.0. The molecule has 1 rings (SSSR count). The molecule has 0 aromatic rings. The van der Waals surface area contributed by atoms with Crippen molar-refractivity contribution in [2.45, 2.75) is 19.3 Å². The Hall–Kier alpha value is -0.120. The van der Waals surface area contributed by atoms with Crippen LogP contribution in [-0.4, -0.2) is 44.4 Å². The van der Waals surface area contributed by atoms with Crippen molar-refractivity contribution in [3.8, 4) is 0 Å². The molecule has 0 unspecified atom stereocenters. The summed E-state index contributed by atoms with van der Waals surface area (Å²) >= 11 is 0. The molecule has 0 aliphatic carbocycles. The molecule has 0 atom stereocenters. The summed E-state index contributed by atoms with van der Waals surface area (Å²) < 4.78 is 5.13. The topological polar surface area (TPSA) is 35.5 Å². The van der Waals surface area contributed by atoms with Gasteiger partial charge in [0, 0.05) is 13.2 Å². The van der Waals surface area contributed by atoms with Crippen molar-refractivity contribution in [2.75, 3.05) is 39.5 Å². The lowest BCUT2D eigenvalue weighted by atomic mass is 10.1. The highest BCUT2D eigenvalue weighted by Crippen LogP contribution is 2.07. The number of hydrogen-bond acceptors (Lipinski definition) is 3. The summed E-state index contributed by atoms with van der Waals surface area (Å²) in [5.41, 5.74) is 0. The first-order chi connectivity index (χ1) is 5.93. The number of rotatable bonds is 5. The largest absolute Gasteiger partial charge is 0.853 e. The van der Waals surface area contributed by atoms with Crippen LogP contribution in [-0.2, 0) is 4.74 Å². The predicted octanol–water partition coefficient (Wildman–Crippen LogP) is -0.151. The lowest BCUT2D eigenvalue weighted by Gasteiger charge is -2.26. The van der Waals surface area contributed by atoms with E-state index in [-0.39, 0.29) is 6.61 Å². The maximum Gasteiger partial charge on any atom is 0.0592 e. The van der Waals surface area contributed by atoms with E-state index in [4.69, 9.17) is 4.74 Å². The van der Waals surface area contributed by atoms with Crippen LogP contribution in [0.5, 0.6) is 0 Å². The Labute approximate surface area is 74.3 Å². The van der Waals surface area contributed by atoms with E-state index in [2.05, 4.69) is 4.90 Å². The molecule has 0 radical (unpaired) electrons. The maximum atomic E-state index is 10.0. The summed E-state index contributed by atoms with van der Waals surface area (Å²) in [6, 6.07) is 0. The second-order valence-corrected chi connectivity index (χ2v) is 3.22. The lowest BCUT2D eigenvalue weighted by Crippen LogP contribution is -2.33. The van der Waals surface area contributed by atoms with Gasteiger partial charge in [-0.2, -0.15) is 0 Å². The number of nitrogens with zero attached hydrogens (tertiary/aromatic N) is 1. The van der Waals surface area contributed by atoms with E-state index in [1.54, 1.807) is 0 Å². The van der Waals surface area contributed by atoms with E-state index in [9.17, 15) is 5.11 Å². The molecule has 1 fully saturated rings. The van der Waals surface area contributed by atoms with Gasteiger partial charge in [-0.3, -0.25) is 0 Å². The van der Waals surface area contributed by atoms with Crippen molar-refractivity contribution in [3.05, 3.63) is 0 Å². The van der Waals surface area contributed by atoms with Gasteiger partial charge in [0.15, 0.2) is 0 Å². The molecule has 0 aromatic heterocycles. The van der Waals surface area contributed by atoms with Gasteiger partial charge in [0.25, 0.3) is 0 Å². The minimum Gasteiger partial charge on any atom is -0.853 e. The van der Waals surface area contributed by atoms with Crippen molar-refractivity contribution in [3.63, 3.8) is 0 Å². The van der Waals surface area contributed by atoms with Crippen molar-refractivity contribution in [1.29, 1.82) is 0 Å². The average molecular weight is 172 g/mol. The van der Waals surface area contributed by atoms with Crippen LogP contribution in [0, 0.1) is 0 Å². The van der Waals surface area contributed by atoms with Crippen molar-refractivity contribution in [2.24, 2.45) is 0 Å². The molecule has 0 bridgehead atoms. The standard InChI is InChI=1S/C9H18NO2/c11-7-9-12-8-6-10-4-2-1-3-5-10/h1-9H2/q-1. The Kier molecular flexibility index (Phi) is 5.32. The van der Waals surface area contributed by atoms with E-state index in [1.807, 2.05) is 0 Å². The van der Waals surface area contributed by atoms with Crippen LogP contribution in [0.4, 0.5) is 0 Å². The van der Waals surface area contributed by atoms with Gasteiger partial charge in [0.05, 0.1) is 6.61 Å². The minimum absolute atomic E-state index is 0.111. The second-order valence-electron chi connectivity index (χ2n) is 3.22. The smallest absolute Gasteiger partial charge is 0.0592 e.